The molecule has 0 saturated heterocycles. The van der Waals surface area contributed by atoms with Crippen LogP contribution in [0.25, 0.3) is 0 Å². The molecule has 0 aliphatic rings. The average molecular weight is 194 g/mol. The number of halogens is 1. The Balaban J connectivity index is 4.02. The molecule has 1 amide bonds. The molecule has 0 saturated carbocycles. The second kappa shape index (κ2) is 5.83. The molecule has 70 valence electrons. The smallest absolute Gasteiger partial charge is 0.328 e. The molecule has 0 radical (unpaired) electrons. The Kier molecular flexibility index (Phi) is 5.45. The third-order valence-corrected chi connectivity index (χ3v) is 1.48. The number of carbonyl (C=O) groups excluding carboxylic acids is 2. The summed E-state index contributed by atoms with van der Waals surface area (Å²) in [6.07, 6.45) is 0.383. The van der Waals surface area contributed by atoms with Crippen LogP contribution in [-0.2, 0) is 14.3 Å². The highest BCUT2D eigenvalue weighted by Gasteiger charge is 2.18. The van der Waals surface area contributed by atoms with E-state index in [0.717, 1.165) is 0 Å². The van der Waals surface area contributed by atoms with Crippen molar-refractivity contribution < 1.29 is 14.3 Å². The van der Waals surface area contributed by atoms with E-state index >= 15 is 0 Å². The Morgan fingerprint density at radius 2 is 2.17 bits per heavy atom. The maximum absolute atomic E-state index is 10.9. The number of hydrogen-bond donors (Lipinski definition) is 1. The Labute approximate surface area is 76.2 Å². The minimum absolute atomic E-state index is 0.268. The van der Waals surface area contributed by atoms with Gasteiger partial charge >= 0.3 is 5.97 Å². The van der Waals surface area contributed by atoms with Crippen LogP contribution in [0.5, 0.6) is 0 Å². The van der Waals surface area contributed by atoms with Crippen LogP contribution in [0.1, 0.15) is 13.3 Å². The minimum Gasteiger partial charge on any atom is -0.467 e. The molecule has 4 nitrogen and oxygen atoms in total. The lowest BCUT2D eigenvalue weighted by Gasteiger charge is -2.13. The van der Waals surface area contributed by atoms with Gasteiger partial charge in [-0.3, -0.25) is 4.79 Å². The molecule has 0 bridgehead atoms. The lowest BCUT2D eigenvalue weighted by Crippen LogP contribution is -2.40. The predicted octanol–water partition coefficient (Wildman–Crippen LogP) is 0.293. The lowest BCUT2D eigenvalue weighted by molar-refractivity contribution is -0.144. The normalized spacial score (nSPS) is 11.9. The van der Waals surface area contributed by atoms with E-state index in [4.69, 9.17) is 11.6 Å². The number of hydrogen-bond acceptors (Lipinski definition) is 3. The van der Waals surface area contributed by atoms with Crippen molar-refractivity contribution in [1.29, 1.82) is 0 Å². The van der Waals surface area contributed by atoms with Crippen LogP contribution in [-0.4, -0.2) is 30.9 Å². The van der Waals surface area contributed by atoms with E-state index in [0.29, 0.717) is 12.3 Å². The summed E-state index contributed by atoms with van der Waals surface area (Å²) in [5, 5.41) is 2.43. The molecule has 5 heteroatoms. The van der Waals surface area contributed by atoms with Crippen LogP contribution in [0.4, 0.5) is 0 Å². The van der Waals surface area contributed by atoms with E-state index in [1.54, 1.807) is 0 Å². The van der Waals surface area contributed by atoms with Crippen molar-refractivity contribution in [3.05, 3.63) is 0 Å². The zero-order chi connectivity index (χ0) is 9.56. The average Bonchev–Trinajstić information content (AvgIpc) is 2.01. The summed E-state index contributed by atoms with van der Waals surface area (Å²) in [5.41, 5.74) is 0. The van der Waals surface area contributed by atoms with Gasteiger partial charge in [0.15, 0.2) is 0 Å². The highest BCUT2D eigenvalue weighted by molar-refractivity contribution is 6.18. The number of esters is 1. The van der Waals surface area contributed by atoms with Gasteiger partial charge in [-0.25, -0.2) is 4.79 Å². The van der Waals surface area contributed by atoms with E-state index in [1.165, 1.54) is 14.0 Å². The van der Waals surface area contributed by atoms with Gasteiger partial charge in [0.25, 0.3) is 0 Å². The van der Waals surface area contributed by atoms with Gasteiger partial charge in [0.2, 0.25) is 5.91 Å². The van der Waals surface area contributed by atoms with E-state index in [9.17, 15) is 9.59 Å². The Morgan fingerprint density at radius 3 is 2.50 bits per heavy atom. The van der Waals surface area contributed by atoms with Crippen molar-refractivity contribution in [2.75, 3.05) is 13.0 Å². The van der Waals surface area contributed by atoms with Crippen molar-refractivity contribution in [3.8, 4) is 0 Å². The monoisotopic (exact) mass is 193 g/mol. The molecule has 0 fully saturated rings. The fraction of sp³-hybridized carbons (Fsp3) is 0.714. The summed E-state index contributed by atoms with van der Waals surface area (Å²) in [6, 6.07) is -0.620. The Morgan fingerprint density at radius 1 is 1.58 bits per heavy atom. The van der Waals surface area contributed by atoms with Crippen molar-refractivity contribution in [2.24, 2.45) is 0 Å². The zero-order valence-corrected chi connectivity index (χ0v) is 7.85. The quantitative estimate of drug-likeness (QED) is 0.516. The van der Waals surface area contributed by atoms with E-state index in [2.05, 4.69) is 10.1 Å². The first-order valence-electron chi connectivity index (χ1n) is 3.52. The molecular weight excluding hydrogens is 182 g/mol. The molecule has 0 aromatic heterocycles. The molecule has 1 atom stereocenters. The first-order chi connectivity index (χ1) is 5.61. The van der Waals surface area contributed by atoms with E-state index in [-0.39, 0.29) is 5.91 Å². The second-order valence-corrected chi connectivity index (χ2v) is 2.63. The summed E-state index contributed by atoms with van der Waals surface area (Å²) in [6.45, 7) is 1.34. The van der Waals surface area contributed by atoms with E-state index in [1.807, 2.05) is 0 Å². The van der Waals surface area contributed by atoms with Crippen molar-refractivity contribution in [1.82, 2.24) is 5.32 Å². The summed E-state index contributed by atoms with van der Waals surface area (Å²) < 4.78 is 4.45. The molecule has 0 rings (SSSR count). The van der Waals surface area contributed by atoms with Gasteiger partial charge in [-0.1, -0.05) is 0 Å². The molecular formula is C7H12ClNO3. The largest absolute Gasteiger partial charge is 0.467 e. The Bertz CT molecular complexity index is 172. The van der Waals surface area contributed by atoms with Gasteiger partial charge in [0.05, 0.1) is 7.11 Å². The standard InChI is InChI=1S/C7H12ClNO3/c1-5(10)9-6(3-4-8)7(11)12-2/h6H,3-4H2,1-2H3,(H,9,10). The van der Waals surface area contributed by atoms with Gasteiger partial charge in [0, 0.05) is 12.8 Å². The summed E-state index contributed by atoms with van der Waals surface area (Å²) in [7, 11) is 1.27. The van der Waals surface area contributed by atoms with Gasteiger partial charge < -0.3 is 10.1 Å². The third kappa shape index (κ3) is 4.18. The summed E-state index contributed by atoms with van der Waals surface area (Å²) in [5.74, 6) is -0.429. The van der Waals surface area contributed by atoms with Crippen LogP contribution in [0.3, 0.4) is 0 Å². The molecule has 0 aliphatic heterocycles. The molecule has 1 N–H and O–H groups in total. The zero-order valence-electron chi connectivity index (χ0n) is 7.09. The summed E-state index contributed by atoms with van der Waals surface area (Å²) >= 11 is 5.42. The first kappa shape index (κ1) is 11.2. The molecule has 0 aromatic carbocycles. The first-order valence-corrected chi connectivity index (χ1v) is 4.06. The number of amides is 1. The lowest BCUT2D eigenvalue weighted by atomic mass is 10.2. The van der Waals surface area contributed by atoms with Crippen molar-refractivity contribution >= 4 is 23.5 Å². The molecule has 0 heterocycles. The van der Waals surface area contributed by atoms with Gasteiger partial charge in [-0.2, -0.15) is 0 Å². The SMILES string of the molecule is COC(=O)C(CCCl)NC(C)=O. The number of alkyl halides is 1. The van der Waals surface area contributed by atoms with Gasteiger partial charge in [0.1, 0.15) is 6.04 Å². The molecule has 1 unspecified atom stereocenters. The van der Waals surface area contributed by atoms with Gasteiger partial charge in [-0.15, -0.1) is 11.6 Å². The Hall–Kier alpha value is -0.770. The highest BCUT2D eigenvalue weighted by atomic mass is 35.5. The second-order valence-electron chi connectivity index (χ2n) is 2.25. The number of carbonyl (C=O) groups is 2. The van der Waals surface area contributed by atoms with E-state index < -0.39 is 12.0 Å². The van der Waals surface area contributed by atoms with Crippen molar-refractivity contribution in [2.45, 2.75) is 19.4 Å². The summed E-state index contributed by atoms with van der Waals surface area (Å²) in [4.78, 5) is 21.5. The maximum Gasteiger partial charge on any atom is 0.328 e. The van der Waals surface area contributed by atoms with Crippen LogP contribution >= 0.6 is 11.6 Å². The molecule has 0 aliphatic carbocycles. The third-order valence-electron chi connectivity index (χ3n) is 1.26. The fourth-order valence-electron chi connectivity index (χ4n) is 0.746. The number of nitrogens with one attached hydrogen (secondary N) is 1. The van der Waals surface area contributed by atoms with Crippen LogP contribution < -0.4 is 5.32 Å². The van der Waals surface area contributed by atoms with Crippen molar-refractivity contribution in [3.63, 3.8) is 0 Å². The topological polar surface area (TPSA) is 55.4 Å². The van der Waals surface area contributed by atoms with Crippen LogP contribution in [0.2, 0.25) is 0 Å². The highest BCUT2D eigenvalue weighted by Crippen LogP contribution is 1.96. The van der Waals surface area contributed by atoms with Crippen LogP contribution in [0, 0.1) is 0 Å². The molecule has 0 spiro atoms. The predicted molar refractivity (Wildman–Crippen MR) is 45.0 cm³/mol. The number of ether oxygens (including phenoxy) is 1. The molecule has 12 heavy (non-hydrogen) atoms. The number of rotatable bonds is 4. The van der Waals surface area contributed by atoms with Crippen LogP contribution in [0.15, 0.2) is 0 Å². The maximum atomic E-state index is 10.9. The van der Waals surface area contributed by atoms with Gasteiger partial charge in [-0.05, 0) is 6.42 Å². The number of methoxy groups -OCH3 is 1. The fourth-order valence-corrected chi connectivity index (χ4v) is 0.964. The molecule has 0 aromatic rings. The minimum atomic E-state index is -0.620.